The minimum absolute atomic E-state index is 0.325. The van der Waals surface area contributed by atoms with E-state index in [0.717, 1.165) is 19.3 Å². The first-order chi connectivity index (χ1) is 8.41. The Balaban J connectivity index is 3.83. The first-order valence-electron chi connectivity index (χ1n) is 7.07. The second-order valence-electron chi connectivity index (χ2n) is 5.55. The third-order valence-corrected chi connectivity index (χ3v) is 2.92. The highest BCUT2D eigenvalue weighted by Crippen LogP contribution is 2.12. The van der Waals surface area contributed by atoms with Gasteiger partial charge in [-0.1, -0.05) is 42.4 Å². The van der Waals surface area contributed by atoms with Crippen molar-refractivity contribution in [1.29, 1.82) is 0 Å². The molecule has 0 spiro atoms. The molecule has 0 aromatic rings. The van der Waals surface area contributed by atoms with E-state index >= 15 is 0 Å². The molecule has 0 fully saturated rings. The summed E-state index contributed by atoms with van der Waals surface area (Å²) >= 11 is 0. The monoisotopic (exact) mass is 250 g/mol. The lowest BCUT2D eigenvalue weighted by atomic mass is 10.0. The highest BCUT2D eigenvalue weighted by Gasteiger charge is 1.97. The van der Waals surface area contributed by atoms with Crippen molar-refractivity contribution in [3.05, 3.63) is 35.5 Å². The maximum Gasteiger partial charge on any atom is 0.0692 e. The second-order valence-corrected chi connectivity index (χ2v) is 5.55. The zero-order chi connectivity index (χ0) is 14.0. The molecule has 0 saturated heterocycles. The van der Waals surface area contributed by atoms with Gasteiger partial charge in [0.25, 0.3) is 0 Å². The molecule has 1 heteroatoms. The average Bonchev–Trinajstić information content (AvgIpc) is 2.25. The molecule has 0 aliphatic rings. The molecule has 0 amide bonds. The van der Waals surface area contributed by atoms with Gasteiger partial charge in [-0.15, -0.1) is 0 Å². The van der Waals surface area contributed by atoms with Crippen LogP contribution in [0.15, 0.2) is 35.5 Å². The Morgan fingerprint density at radius 3 is 2.22 bits per heavy atom. The molecule has 0 unspecified atom stereocenters. The van der Waals surface area contributed by atoms with Crippen LogP contribution < -0.4 is 0 Å². The smallest absolute Gasteiger partial charge is 0.0692 e. The van der Waals surface area contributed by atoms with Crippen LogP contribution in [0.25, 0.3) is 0 Å². The average molecular weight is 250 g/mol. The van der Waals surface area contributed by atoms with Crippen LogP contribution in [0, 0.1) is 5.92 Å². The van der Waals surface area contributed by atoms with Gasteiger partial charge in [-0.25, -0.2) is 0 Å². The summed E-state index contributed by atoms with van der Waals surface area (Å²) in [6, 6.07) is 0. The fourth-order valence-electron chi connectivity index (χ4n) is 1.73. The van der Waals surface area contributed by atoms with E-state index < -0.39 is 0 Å². The summed E-state index contributed by atoms with van der Waals surface area (Å²) < 4.78 is 0. The first kappa shape index (κ1) is 17.2. The maximum absolute atomic E-state index is 9.15. The van der Waals surface area contributed by atoms with Gasteiger partial charge in [0.2, 0.25) is 0 Å². The van der Waals surface area contributed by atoms with Crippen molar-refractivity contribution in [3.8, 4) is 0 Å². The van der Waals surface area contributed by atoms with E-state index in [9.17, 15) is 0 Å². The van der Waals surface area contributed by atoms with E-state index in [1.54, 1.807) is 6.92 Å². The predicted octanol–water partition coefficient (Wildman–Crippen LogP) is 5.03. The molecule has 0 aromatic heterocycles. The predicted molar refractivity (Wildman–Crippen MR) is 81.6 cm³/mol. The highest BCUT2D eigenvalue weighted by atomic mass is 16.3. The van der Waals surface area contributed by atoms with E-state index in [0.29, 0.717) is 5.92 Å². The van der Waals surface area contributed by atoms with Crippen molar-refractivity contribution < 1.29 is 5.11 Å². The maximum atomic E-state index is 9.15. The summed E-state index contributed by atoms with van der Waals surface area (Å²) in [7, 11) is 0. The van der Waals surface area contributed by atoms with E-state index in [-0.39, 0.29) is 6.10 Å². The Morgan fingerprint density at radius 2 is 1.67 bits per heavy atom. The normalized spacial score (nSPS) is 15.8. The molecule has 0 saturated carbocycles. The standard InChI is InChI=1S/C17H30O/c1-14(2)8-6-9-15(3)10-7-11-16(4)12-13-17(5)18/h8,10,12-13,16-18H,6-7,9,11H2,1-5H3/b13-12+,15-10+/t16-,17+/m1/s1. The minimum atomic E-state index is -0.325. The summed E-state index contributed by atoms with van der Waals surface area (Å²) in [6.45, 7) is 10.5. The van der Waals surface area contributed by atoms with Crippen molar-refractivity contribution in [2.75, 3.05) is 0 Å². The lowest BCUT2D eigenvalue weighted by Crippen LogP contribution is -1.95. The Kier molecular flexibility index (Phi) is 9.67. The molecule has 104 valence electrons. The summed E-state index contributed by atoms with van der Waals surface area (Å²) in [5, 5.41) is 9.15. The Hall–Kier alpha value is -0.820. The van der Waals surface area contributed by atoms with Gasteiger partial charge in [0, 0.05) is 0 Å². The molecule has 2 atom stereocenters. The van der Waals surface area contributed by atoms with Crippen LogP contribution in [0.3, 0.4) is 0 Å². The molecule has 0 aliphatic heterocycles. The summed E-state index contributed by atoms with van der Waals surface area (Å²) in [6.07, 6.45) is 12.9. The molecule has 18 heavy (non-hydrogen) atoms. The number of hydrogen-bond donors (Lipinski definition) is 1. The number of hydrogen-bond acceptors (Lipinski definition) is 1. The first-order valence-corrected chi connectivity index (χ1v) is 7.07. The van der Waals surface area contributed by atoms with Crippen molar-refractivity contribution in [2.45, 2.75) is 66.4 Å². The van der Waals surface area contributed by atoms with Crippen molar-refractivity contribution in [3.63, 3.8) is 0 Å². The van der Waals surface area contributed by atoms with E-state index in [1.807, 2.05) is 6.08 Å². The number of aliphatic hydroxyl groups excluding tert-OH is 1. The zero-order valence-electron chi connectivity index (χ0n) is 12.7. The van der Waals surface area contributed by atoms with E-state index in [4.69, 9.17) is 5.11 Å². The Bertz CT molecular complexity index is 291. The van der Waals surface area contributed by atoms with Crippen molar-refractivity contribution >= 4 is 0 Å². The Morgan fingerprint density at radius 1 is 1.00 bits per heavy atom. The van der Waals surface area contributed by atoms with Gasteiger partial charge in [-0.05, 0) is 59.3 Å². The Labute approximate surface area is 113 Å². The fourth-order valence-corrected chi connectivity index (χ4v) is 1.73. The highest BCUT2D eigenvalue weighted by molar-refractivity contribution is 5.02. The largest absolute Gasteiger partial charge is 0.389 e. The molecule has 1 N–H and O–H groups in total. The van der Waals surface area contributed by atoms with Gasteiger partial charge >= 0.3 is 0 Å². The van der Waals surface area contributed by atoms with Crippen molar-refractivity contribution in [2.24, 2.45) is 5.92 Å². The van der Waals surface area contributed by atoms with Crippen LogP contribution in [0.2, 0.25) is 0 Å². The molecule has 0 aliphatic carbocycles. The van der Waals surface area contributed by atoms with Crippen LogP contribution in [-0.2, 0) is 0 Å². The summed E-state index contributed by atoms with van der Waals surface area (Å²) in [5.74, 6) is 0.543. The molecule has 1 nitrogen and oxygen atoms in total. The fraction of sp³-hybridized carbons (Fsp3) is 0.647. The van der Waals surface area contributed by atoms with Crippen LogP contribution in [0.4, 0.5) is 0 Å². The van der Waals surface area contributed by atoms with Gasteiger partial charge in [0.05, 0.1) is 6.10 Å². The lowest BCUT2D eigenvalue weighted by molar-refractivity contribution is 0.243. The second kappa shape index (κ2) is 10.1. The van der Waals surface area contributed by atoms with Crippen molar-refractivity contribution in [1.82, 2.24) is 0 Å². The third-order valence-electron chi connectivity index (χ3n) is 2.92. The van der Waals surface area contributed by atoms with Crippen LogP contribution in [0.5, 0.6) is 0 Å². The van der Waals surface area contributed by atoms with Crippen LogP contribution in [0.1, 0.15) is 60.3 Å². The van der Waals surface area contributed by atoms with Gasteiger partial charge in [-0.3, -0.25) is 0 Å². The van der Waals surface area contributed by atoms with Gasteiger partial charge < -0.3 is 5.11 Å². The molecule has 0 radical (unpaired) electrons. The van der Waals surface area contributed by atoms with Crippen LogP contribution >= 0.6 is 0 Å². The van der Waals surface area contributed by atoms with Gasteiger partial charge in [0.15, 0.2) is 0 Å². The van der Waals surface area contributed by atoms with Gasteiger partial charge in [-0.2, -0.15) is 0 Å². The van der Waals surface area contributed by atoms with E-state index in [1.165, 1.54) is 17.6 Å². The SMILES string of the molecule is CC(C)=CCC/C(C)=C/CC[C@@H](C)/C=C/[C@H](C)O. The molecule has 0 rings (SSSR count). The summed E-state index contributed by atoms with van der Waals surface area (Å²) in [4.78, 5) is 0. The third kappa shape index (κ3) is 11.7. The lowest BCUT2D eigenvalue weighted by Gasteiger charge is -2.05. The minimum Gasteiger partial charge on any atom is -0.389 e. The number of allylic oxidation sites excluding steroid dienone is 5. The number of rotatable bonds is 8. The van der Waals surface area contributed by atoms with Gasteiger partial charge in [0.1, 0.15) is 0 Å². The van der Waals surface area contributed by atoms with Crippen LogP contribution in [-0.4, -0.2) is 11.2 Å². The molecule has 0 aromatic carbocycles. The van der Waals surface area contributed by atoms with E-state index in [2.05, 4.69) is 45.9 Å². The summed E-state index contributed by atoms with van der Waals surface area (Å²) in [5.41, 5.74) is 2.89. The topological polar surface area (TPSA) is 20.2 Å². The molecule has 0 bridgehead atoms. The molecular weight excluding hydrogens is 220 g/mol. The molecular formula is C17H30O. The number of aliphatic hydroxyl groups is 1. The zero-order valence-corrected chi connectivity index (χ0v) is 12.7. The quantitative estimate of drug-likeness (QED) is 0.599. The molecule has 0 heterocycles.